The second kappa shape index (κ2) is 6.65. The van der Waals surface area contributed by atoms with E-state index in [1.165, 1.54) is 0 Å². The summed E-state index contributed by atoms with van der Waals surface area (Å²) in [4.78, 5) is 12.1. The second-order valence-corrected chi connectivity index (χ2v) is 5.79. The Morgan fingerprint density at radius 1 is 1.53 bits per heavy atom. The van der Waals surface area contributed by atoms with Crippen molar-refractivity contribution in [2.24, 2.45) is 11.7 Å². The Labute approximate surface area is 118 Å². The molecule has 1 atom stereocenters. The zero-order valence-electron chi connectivity index (χ0n) is 11.0. The van der Waals surface area contributed by atoms with Gasteiger partial charge >= 0.3 is 0 Å². The van der Waals surface area contributed by atoms with E-state index in [0.717, 1.165) is 34.7 Å². The number of rotatable bonds is 2. The minimum atomic E-state index is 0.119. The molecule has 3 N–H and O–H groups in total. The van der Waals surface area contributed by atoms with Crippen LogP contribution < -0.4 is 11.1 Å². The summed E-state index contributed by atoms with van der Waals surface area (Å²) in [6.07, 6.45) is 0.974. The van der Waals surface area contributed by atoms with Crippen molar-refractivity contribution in [3.63, 3.8) is 0 Å². The number of nitrogens with two attached hydrogens (primary N) is 1. The van der Waals surface area contributed by atoms with Gasteiger partial charge in [0.05, 0.1) is 6.54 Å². The van der Waals surface area contributed by atoms with E-state index in [9.17, 15) is 4.79 Å². The van der Waals surface area contributed by atoms with Gasteiger partial charge in [0, 0.05) is 22.9 Å². The van der Waals surface area contributed by atoms with E-state index >= 15 is 0 Å². The molecular formula is C15H18N2OS. The van der Waals surface area contributed by atoms with E-state index < -0.39 is 0 Å². The third-order valence-corrected chi connectivity index (χ3v) is 4.14. The molecule has 0 radical (unpaired) electrons. The molecule has 1 saturated heterocycles. The number of benzene rings is 1. The largest absolute Gasteiger partial charge is 0.326 e. The summed E-state index contributed by atoms with van der Waals surface area (Å²) in [5.41, 5.74) is 8.17. The summed E-state index contributed by atoms with van der Waals surface area (Å²) >= 11 is 1.84. The molecule has 0 bridgehead atoms. The summed E-state index contributed by atoms with van der Waals surface area (Å²) < 4.78 is 0. The van der Waals surface area contributed by atoms with Crippen LogP contribution in [0.25, 0.3) is 0 Å². The number of hydrogen-bond acceptors (Lipinski definition) is 3. The maximum absolute atomic E-state index is 12.1. The first-order valence-electron chi connectivity index (χ1n) is 6.38. The highest BCUT2D eigenvalue weighted by atomic mass is 32.2. The average Bonchev–Trinajstić information content (AvgIpc) is 2.89. The van der Waals surface area contributed by atoms with Gasteiger partial charge in [-0.1, -0.05) is 11.8 Å². The molecule has 1 fully saturated rings. The van der Waals surface area contributed by atoms with E-state index in [1.807, 2.05) is 36.9 Å². The van der Waals surface area contributed by atoms with Crippen molar-refractivity contribution in [3.05, 3.63) is 29.3 Å². The molecule has 0 saturated carbocycles. The first-order chi connectivity index (χ1) is 9.19. The molecule has 1 heterocycles. The third kappa shape index (κ3) is 4.02. The molecule has 1 aromatic carbocycles. The molecule has 1 aliphatic heterocycles. The molecule has 3 nitrogen and oxygen atoms in total. The van der Waals surface area contributed by atoms with Gasteiger partial charge in [0.1, 0.15) is 0 Å². The summed E-state index contributed by atoms with van der Waals surface area (Å²) in [6, 6.07) is 5.85. The number of thioether (sulfide) groups is 1. The van der Waals surface area contributed by atoms with Gasteiger partial charge in [-0.25, -0.2) is 0 Å². The summed E-state index contributed by atoms with van der Waals surface area (Å²) in [6.45, 7) is 2.34. The van der Waals surface area contributed by atoms with Gasteiger partial charge in [0.2, 0.25) is 5.91 Å². The predicted molar refractivity (Wildman–Crippen MR) is 81.2 cm³/mol. The fraction of sp³-hybridized carbons (Fsp3) is 0.400. The predicted octanol–water partition coefficient (Wildman–Crippen LogP) is 2.00. The SMILES string of the molecule is Cc1cc(C#CCN)cc(NC(=O)C2CCSC2)c1. The van der Waals surface area contributed by atoms with Gasteiger partial charge in [0.15, 0.2) is 0 Å². The van der Waals surface area contributed by atoms with Crippen LogP contribution in [0.5, 0.6) is 0 Å². The lowest BCUT2D eigenvalue weighted by atomic mass is 10.1. The summed E-state index contributed by atoms with van der Waals surface area (Å²) in [7, 11) is 0. The molecule has 1 aromatic rings. The van der Waals surface area contributed by atoms with Gasteiger partial charge in [-0.3, -0.25) is 4.79 Å². The monoisotopic (exact) mass is 274 g/mol. The van der Waals surface area contributed by atoms with Crippen LogP contribution in [0.4, 0.5) is 5.69 Å². The van der Waals surface area contributed by atoms with Crippen LogP contribution in [0.15, 0.2) is 18.2 Å². The minimum absolute atomic E-state index is 0.119. The molecule has 1 aliphatic rings. The number of amides is 1. The molecule has 0 aliphatic carbocycles. The van der Waals surface area contributed by atoms with E-state index in [-0.39, 0.29) is 11.8 Å². The fourth-order valence-corrected chi connectivity index (χ4v) is 3.29. The third-order valence-electron chi connectivity index (χ3n) is 2.98. The lowest BCUT2D eigenvalue weighted by Gasteiger charge is -2.11. The van der Waals surface area contributed by atoms with Crippen LogP contribution in [0.3, 0.4) is 0 Å². The van der Waals surface area contributed by atoms with Crippen LogP contribution in [0.2, 0.25) is 0 Å². The van der Waals surface area contributed by atoms with E-state index in [2.05, 4.69) is 17.2 Å². The van der Waals surface area contributed by atoms with Gasteiger partial charge in [-0.15, -0.1) is 0 Å². The highest BCUT2D eigenvalue weighted by Crippen LogP contribution is 2.25. The number of carbonyl (C=O) groups is 1. The summed E-state index contributed by atoms with van der Waals surface area (Å²) in [5.74, 6) is 8.10. The zero-order chi connectivity index (χ0) is 13.7. The standard InChI is InChI=1S/C15H18N2OS/c1-11-7-12(3-2-5-16)9-14(8-11)17-15(18)13-4-6-19-10-13/h7-9,13H,4-6,10,16H2,1H3,(H,17,18). The first-order valence-corrected chi connectivity index (χ1v) is 7.54. The van der Waals surface area contributed by atoms with Gasteiger partial charge in [-0.05, 0) is 42.9 Å². The van der Waals surface area contributed by atoms with E-state index in [0.29, 0.717) is 6.54 Å². The number of nitrogens with one attached hydrogen (secondary N) is 1. The molecule has 4 heteroatoms. The number of hydrogen-bond donors (Lipinski definition) is 2. The lowest BCUT2D eigenvalue weighted by molar-refractivity contribution is -0.119. The fourth-order valence-electron chi connectivity index (χ4n) is 2.07. The van der Waals surface area contributed by atoms with Crippen LogP contribution in [-0.4, -0.2) is 24.0 Å². The molecule has 1 amide bonds. The Kier molecular flexibility index (Phi) is 4.89. The zero-order valence-corrected chi connectivity index (χ0v) is 11.8. The molecule has 0 spiro atoms. The first kappa shape index (κ1) is 14.0. The molecule has 2 rings (SSSR count). The average molecular weight is 274 g/mol. The Morgan fingerprint density at radius 3 is 3.05 bits per heavy atom. The highest BCUT2D eigenvalue weighted by Gasteiger charge is 2.23. The number of carbonyl (C=O) groups excluding carboxylic acids is 1. The topological polar surface area (TPSA) is 55.1 Å². The van der Waals surface area contributed by atoms with Crippen molar-refractivity contribution >= 4 is 23.4 Å². The smallest absolute Gasteiger partial charge is 0.228 e. The molecule has 100 valence electrons. The van der Waals surface area contributed by atoms with Gasteiger partial charge < -0.3 is 11.1 Å². The van der Waals surface area contributed by atoms with Crippen molar-refractivity contribution in [2.75, 3.05) is 23.4 Å². The normalized spacial score (nSPS) is 17.7. The Morgan fingerprint density at radius 2 is 2.37 bits per heavy atom. The van der Waals surface area contributed by atoms with Crippen LogP contribution in [0.1, 0.15) is 17.5 Å². The number of aryl methyl sites for hydroxylation is 1. The van der Waals surface area contributed by atoms with Gasteiger partial charge in [0.25, 0.3) is 0 Å². The van der Waals surface area contributed by atoms with Crippen molar-refractivity contribution in [2.45, 2.75) is 13.3 Å². The number of anilines is 1. The quantitative estimate of drug-likeness (QED) is 0.811. The Balaban J connectivity index is 2.10. The van der Waals surface area contributed by atoms with Crippen molar-refractivity contribution < 1.29 is 4.79 Å². The summed E-state index contributed by atoms with van der Waals surface area (Å²) in [5, 5.41) is 2.99. The van der Waals surface area contributed by atoms with Crippen molar-refractivity contribution in [1.82, 2.24) is 0 Å². The van der Waals surface area contributed by atoms with Crippen molar-refractivity contribution in [3.8, 4) is 11.8 Å². The Bertz CT molecular complexity index is 525. The van der Waals surface area contributed by atoms with E-state index in [4.69, 9.17) is 5.73 Å². The van der Waals surface area contributed by atoms with Gasteiger partial charge in [-0.2, -0.15) is 11.8 Å². The molecule has 1 unspecified atom stereocenters. The second-order valence-electron chi connectivity index (χ2n) is 4.64. The van der Waals surface area contributed by atoms with Crippen LogP contribution in [0, 0.1) is 24.7 Å². The Hall–Kier alpha value is -1.44. The van der Waals surface area contributed by atoms with Crippen molar-refractivity contribution in [1.29, 1.82) is 0 Å². The molecular weight excluding hydrogens is 256 g/mol. The van der Waals surface area contributed by atoms with Crippen LogP contribution >= 0.6 is 11.8 Å². The van der Waals surface area contributed by atoms with E-state index in [1.54, 1.807) is 0 Å². The highest BCUT2D eigenvalue weighted by molar-refractivity contribution is 7.99. The van der Waals surface area contributed by atoms with Crippen LogP contribution in [-0.2, 0) is 4.79 Å². The molecule has 0 aromatic heterocycles. The maximum Gasteiger partial charge on any atom is 0.228 e. The molecule has 19 heavy (non-hydrogen) atoms. The maximum atomic E-state index is 12.1. The minimum Gasteiger partial charge on any atom is -0.326 e. The lowest BCUT2D eigenvalue weighted by Crippen LogP contribution is -2.22.